The zero-order valence-corrected chi connectivity index (χ0v) is 19.8. The molecule has 6 rings (SSSR count). The molecule has 0 fully saturated rings. The number of aryl methyl sites for hydroxylation is 1. The molecule has 1 aliphatic carbocycles. The molecule has 1 amide bonds. The lowest BCUT2D eigenvalue weighted by Crippen LogP contribution is -2.15. The smallest absolute Gasteiger partial charge is 0.256 e. The lowest BCUT2D eigenvalue weighted by atomic mass is 10.0. The molecule has 0 aliphatic heterocycles. The van der Waals surface area contributed by atoms with E-state index in [0.717, 1.165) is 68.9 Å². The summed E-state index contributed by atoms with van der Waals surface area (Å²) >= 11 is 7.88. The fourth-order valence-corrected chi connectivity index (χ4v) is 5.54. The quantitative estimate of drug-likeness (QED) is 0.290. The molecule has 0 saturated heterocycles. The first-order valence-electron chi connectivity index (χ1n) is 11.2. The van der Waals surface area contributed by atoms with E-state index < -0.39 is 0 Å². The monoisotopic (exact) mass is 481 g/mol. The van der Waals surface area contributed by atoms with E-state index in [4.69, 9.17) is 21.6 Å². The fraction of sp³-hybridized carbons (Fsp3) is 0.107. The first-order valence-corrected chi connectivity index (χ1v) is 12.5. The van der Waals surface area contributed by atoms with Gasteiger partial charge in [-0.2, -0.15) is 0 Å². The van der Waals surface area contributed by atoms with Crippen molar-refractivity contribution in [1.29, 1.82) is 0 Å². The van der Waals surface area contributed by atoms with E-state index in [0.29, 0.717) is 10.6 Å². The van der Waals surface area contributed by atoms with Gasteiger partial charge >= 0.3 is 0 Å². The first-order chi connectivity index (χ1) is 16.7. The topological polar surface area (TPSA) is 54.9 Å². The number of carbonyl (C=O) groups is 1. The second-order valence-corrected chi connectivity index (χ2v) is 9.66. The van der Waals surface area contributed by atoms with Gasteiger partial charge < -0.3 is 5.32 Å². The van der Waals surface area contributed by atoms with Gasteiger partial charge in [0.1, 0.15) is 5.01 Å². The molecule has 0 saturated carbocycles. The van der Waals surface area contributed by atoms with E-state index in [2.05, 4.69) is 22.8 Å². The average molecular weight is 482 g/mol. The first kappa shape index (κ1) is 21.0. The molecule has 0 atom stereocenters. The van der Waals surface area contributed by atoms with Gasteiger partial charge in [0, 0.05) is 38.3 Å². The third-order valence-electron chi connectivity index (χ3n) is 6.16. The van der Waals surface area contributed by atoms with Crippen LogP contribution in [0.5, 0.6) is 0 Å². The summed E-state index contributed by atoms with van der Waals surface area (Å²) in [7, 11) is 0. The third kappa shape index (κ3) is 3.87. The second kappa shape index (κ2) is 8.67. The predicted octanol–water partition coefficient (Wildman–Crippen LogP) is 7.42. The van der Waals surface area contributed by atoms with Crippen molar-refractivity contribution in [2.24, 2.45) is 0 Å². The molecule has 5 aromatic rings. The van der Waals surface area contributed by atoms with Crippen LogP contribution in [0.1, 0.15) is 28.0 Å². The SMILES string of the molecule is O=C(Nc1ccc(-c2csc(-c3ccccc3)n2)cc1)c1c2c(nc3ccc(Cl)cc13)CCC2. The Morgan fingerprint density at radius 3 is 2.56 bits per heavy atom. The predicted molar refractivity (Wildman–Crippen MR) is 140 cm³/mol. The highest BCUT2D eigenvalue weighted by Crippen LogP contribution is 2.33. The van der Waals surface area contributed by atoms with Gasteiger partial charge in [-0.15, -0.1) is 11.3 Å². The zero-order valence-electron chi connectivity index (χ0n) is 18.2. The Kier molecular flexibility index (Phi) is 5.36. The molecule has 6 heteroatoms. The molecule has 166 valence electrons. The molecule has 0 unspecified atom stereocenters. The summed E-state index contributed by atoms with van der Waals surface area (Å²) < 4.78 is 0. The number of aromatic nitrogens is 2. The maximum absolute atomic E-state index is 13.4. The number of carbonyl (C=O) groups excluding carboxylic acids is 1. The average Bonchev–Trinajstić information content (AvgIpc) is 3.53. The summed E-state index contributed by atoms with van der Waals surface area (Å²) in [5.74, 6) is -0.124. The van der Waals surface area contributed by atoms with E-state index in [1.165, 1.54) is 0 Å². The lowest BCUT2D eigenvalue weighted by molar-refractivity contribution is 0.102. The van der Waals surface area contributed by atoms with Crippen molar-refractivity contribution >= 4 is 45.4 Å². The van der Waals surface area contributed by atoms with Crippen LogP contribution in [0.15, 0.2) is 78.2 Å². The van der Waals surface area contributed by atoms with Gasteiger partial charge in [0.15, 0.2) is 0 Å². The Bertz CT molecular complexity index is 1530. The Balaban J connectivity index is 1.28. The third-order valence-corrected chi connectivity index (χ3v) is 7.29. The lowest BCUT2D eigenvalue weighted by Gasteiger charge is -2.13. The number of amides is 1. The van der Waals surface area contributed by atoms with Crippen molar-refractivity contribution in [3.63, 3.8) is 0 Å². The maximum atomic E-state index is 13.4. The summed E-state index contributed by atoms with van der Waals surface area (Å²) in [5, 5.41) is 7.54. The van der Waals surface area contributed by atoms with Gasteiger partial charge in [-0.3, -0.25) is 9.78 Å². The number of rotatable bonds is 4. The number of hydrogen-bond donors (Lipinski definition) is 1. The number of benzene rings is 3. The van der Waals surface area contributed by atoms with E-state index in [9.17, 15) is 4.79 Å². The molecule has 2 heterocycles. The van der Waals surface area contributed by atoms with Crippen molar-refractivity contribution in [2.75, 3.05) is 5.32 Å². The van der Waals surface area contributed by atoms with E-state index >= 15 is 0 Å². The zero-order chi connectivity index (χ0) is 23.1. The minimum Gasteiger partial charge on any atom is -0.322 e. The van der Waals surface area contributed by atoms with Crippen molar-refractivity contribution in [1.82, 2.24) is 9.97 Å². The van der Waals surface area contributed by atoms with E-state index in [1.807, 2.05) is 60.7 Å². The van der Waals surface area contributed by atoms with Gasteiger partial charge in [-0.1, -0.05) is 54.1 Å². The molecule has 0 radical (unpaired) electrons. The van der Waals surface area contributed by atoms with Crippen molar-refractivity contribution in [2.45, 2.75) is 19.3 Å². The summed E-state index contributed by atoms with van der Waals surface area (Å²) in [6.45, 7) is 0. The number of hydrogen-bond acceptors (Lipinski definition) is 4. The largest absolute Gasteiger partial charge is 0.322 e. The van der Waals surface area contributed by atoms with E-state index in [-0.39, 0.29) is 5.91 Å². The second-order valence-electron chi connectivity index (χ2n) is 8.36. The molecule has 2 aromatic heterocycles. The minimum absolute atomic E-state index is 0.124. The number of anilines is 1. The molecular formula is C28H20ClN3OS. The van der Waals surface area contributed by atoms with Crippen LogP contribution in [0.4, 0.5) is 5.69 Å². The van der Waals surface area contributed by atoms with Gasteiger partial charge in [-0.25, -0.2) is 4.98 Å². The highest BCUT2D eigenvalue weighted by molar-refractivity contribution is 7.13. The molecule has 0 bridgehead atoms. The van der Waals surface area contributed by atoms with Crippen LogP contribution in [-0.2, 0) is 12.8 Å². The Hall–Kier alpha value is -3.54. The van der Waals surface area contributed by atoms with Crippen molar-refractivity contribution < 1.29 is 4.79 Å². The van der Waals surface area contributed by atoms with Crippen LogP contribution in [0.3, 0.4) is 0 Å². The molecule has 34 heavy (non-hydrogen) atoms. The van der Waals surface area contributed by atoms with Crippen LogP contribution in [0.2, 0.25) is 5.02 Å². The van der Waals surface area contributed by atoms with Gasteiger partial charge in [0.2, 0.25) is 0 Å². The van der Waals surface area contributed by atoms with Crippen LogP contribution < -0.4 is 5.32 Å². The highest BCUT2D eigenvalue weighted by Gasteiger charge is 2.24. The number of nitrogens with zero attached hydrogens (tertiary/aromatic N) is 2. The number of nitrogens with one attached hydrogen (secondary N) is 1. The van der Waals surface area contributed by atoms with Crippen LogP contribution in [-0.4, -0.2) is 15.9 Å². The molecule has 1 aliphatic rings. The molecule has 1 N–H and O–H groups in total. The van der Waals surface area contributed by atoms with Gasteiger partial charge in [-0.05, 0) is 55.2 Å². The Morgan fingerprint density at radius 2 is 1.74 bits per heavy atom. The van der Waals surface area contributed by atoms with Gasteiger partial charge in [0.05, 0.1) is 16.8 Å². The summed E-state index contributed by atoms with van der Waals surface area (Å²) in [5.41, 5.74) is 7.35. The minimum atomic E-state index is -0.124. The number of pyridine rings is 1. The molecular weight excluding hydrogens is 462 g/mol. The highest BCUT2D eigenvalue weighted by atomic mass is 35.5. The van der Waals surface area contributed by atoms with Crippen molar-refractivity contribution in [3.8, 4) is 21.8 Å². The number of thiazole rings is 1. The van der Waals surface area contributed by atoms with Crippen LogP contribution in [0, 0.1) is 0 Å². The van der Waals surface area contributed by atoms with Gasteiger partial charge in [0.25, 0.3) is 5.91 Å². The molecule has 0 spiro atoms. The van der Waals surface area contributed by atoms with Crippen LogP contribution in [0.25, 0.3) is 32.7 Å². The molecule has 4 nitrogen and oxygen atoms in total. The fourth-order valence-electron chi connectivity index (χ4n) is 4.53. The Morgan fingerprint density at radius 1 is 0.912 bits per heavy atom. The normalized spacial score (nSPS) is 12.6. The number of fused-ring (bicyclic) bond motifs is 2. The summed E-state index contributed by atoms with van der Waals surface area (Å²) in [4.78, 5) is 23.0. The molecule has 3 aromatic carbocycles. The number of halogens is 1. The summed E-state index contributed by atoms with van der Waals surface area (Å²) in [6.07, 6.45) is 2.78. The van der Waals surface area contributed by atoms with E-state index in [1.54, 1.807) is 11.3 Å². The summed E-state index contributed by atoms with van der Waals surface area (Å²) in [6, 6.07) is 23.5. The maximum Gasteiger partial charge on any atom is 0.256 e. The standard InChI is InChI=1S/C28H20ClN3OS/c29-19-11-14-24-22(15-19)26(21-7-4-8-23(21)31-24)27(33)30-20-12-9-17(10-13-20)25-16-34-28(32-25)18-5-2-1-3-6-18/h1-3,5-6,9-16H,4,7-8H2,(H,30,33). The van der Waals surface area contributed by atoms with Crippen LogP contribution >= 0.6 is 22.9 Å². The van der Waals surface area contributed by atoms with Crippen molar-refractivity contribution in [3.05, 3.63) is 100 Å². The Labute approximate surface area is 206 Å².